The molecule has 0 aliphatic heterocycles. The molecular weight excluding hydrogens is 230 g/mol. The van der Waals surface area contributed by atoms with Gasteiger partial charge in [0, 0.05) is 16.6 Å². The third-order valence-electron chi connectivity index (χ3n) is 3.11. The molecule has 2 N–H and O–H groups in total. The Hall–Kier alpha value is -1.26. The second-order valence-corrected chi connectivity index (χ2v) is 5.57. The van der Waals surface area contributed by atoms with E-state index in [4.69, 9.17) is 5.73 Å². The lowest BCUT2D eigenvalue weighted by molar-refractivity contribution is 0.564. The fourth-order valence-corrected chi connectivity index (χ4v) is 3.37. The number of nitrogens with two attached hydrogens (primary N) is 1. The standard InChI is InChI=1S/C13H15N3S/c1-8-4-2-6-10(15-8)13-16-12-9(14)5-3-7-11(12)17-13/h2,4,6,9H,3,5,7,14H2,1H3. The molecule has 0 radical (unpaired) electrons. The van der Waals surface area contributed by atoms with Gasteiger partial charge in [-0.25, -0.2) is 4.98 Å². The van der Waals surface area contributed by atoms with Crippen LogP contribution >= 0.6 is 11.3 Å². The maximum Gasteiger partial charge on any atom is 0.142 e. The van der Waals surface area contributed by atoms with Crippen molar-refractivity contribution < 1.29 is 0 Å². The van der Waals surface area contributed by atoms with Crippen molar-refractivity contribution in [3.05, 3.63) is 34.5 Å². The van der Waals surface area contributed by atoms with Crippen LogP contribution in [0.3, 0.4) is 0 Å². The fraction of sp³-hybridized carbons (Fsp3) is 0.385. The van der Waals surface area contributed by atoms with E-state index in [2.05, 4.69) is 9.97 Å². The van der Waals surface area contributed by atoms with Gasteiger partial charge in [0.1, 0.15) is 5.01 Å². The largest absolute Gasteiger partial charge is 0.323 e. The second-order valence-electron chi connectivity index (χ2n) is 4.49. The number of hydrogen-bond donors (Lipinski definition) is 1. The lowest BCUT2D eigenvalue weighted by atomic mass is 9.99. The molecule has 2 aromatic heterocycles. The maximum absolute atomic E-state index is 6.09. The van der Waals surface area contributed by atoms with E-state index < -0.39 is 0 Å². The van der Waals surface area contributed by atoms with Gasteiger partial charge in [0.2, 0.25) is 0 Å². The highest BCUT2D eigenvalue weighted by molar-refractivity contribution is 7.15. The Labute approximate surface area is 105 Å². The summed E-state index contributed by atoms with van der Waals surface area (Å²) >= 11 is 1.75. The summed E-state index contributed by atoms with van der Waals surface area (Å²) in [6.45, 7) is 2.00. The van der Waals surface area contributed by atoms with Crippen LogP contribution in [0, 0.1) is 6.92 Å². The average molecular weight is 245 g/mol. The van der Waals surface area contributed by atoms with E-state index in [0.29, 0.717) is 0 Å². The van der Waals surface area contributed by atoms with Gasteiger partial charge in [-0.15, -0.1) is 11.3 Å². The van der Waals surface area contributed by atoms with Gasteiger partial charge in [-0.3, -0.25) is 4.98 Å². The quantitative estimate of drug-likeness (QED) is 0.840. The van der Waals surface area contributed by atoms with E-state index in [9.17, 15) is 0 Å². The SMILES string of the molecule is Cc1cccc(-c2nc3c(s2)CCCC3N)n1. The normalized spacial score (nSPS) is 19.1. The van der Waals surface area contributed by atoms with Crippen molar-refractivity contribution >= 4 is 11.3 Å². The number of hydrogen-bond acceptors (Lipinski definition) is 4. The predicted octanol–water partition coefficient (Wildman–Crippen LogP) is 2.85. The summed E-state index contributed by atoms with van der Waals surface area (Å²) in [4.78, 5) is 10.5. The summed E-state index contributed by atoms with van der Waals surface area (Å²) < 4.78 is 0. The number of aromatic nitrogens is 2. The maximum atomic E-state index is 6.09. The van der Waals surface area contributed by atoms with Gasteiger partial charge in [0.25, 0.3) is 0 Å². The zero-order chi connectivity index (χ0) is 11.8. The minimum Gasteiger partial charge on any atom is -0.323 e. The third kappa shape index (κ3) is 1.98. The van der Waals surface area contributed by atoms with Crippen LogP contribution in [0.25, 0.3) is 10.7 Å². The predicted molar refractivity (Wildman–Crippen MR) is 69.9 cm³/mol. The lowest BCUT2D eigenvalue weighted by Crippen LogP contribution is -2.16. The zero-order valence-corrected chi connectivity index (χ0v) is 10.6. The van der Waals surface area contributed by atoms with Crippen molar-refractivity contribution in [1.29, 1.82) is 0 Å². The first-order valence-corrected chi connectivity index (χ1v) is 6.75. The summed E-state index contributed by atoms with van der Waals surface area (Å²) in [5.74, 6) is 0. The molecule has 0 bridgehead atoms. The molecule has 0 saturated carbocycles. The minimum absolute atomic E-state index is 0.119. The molecule has 1 aliphatic carbocycles. The van der Waals surface area contributed by atoms with Gasteiger partial charge in [0.05, 0.1) is 11.4 Å². The fourth-order valence-electron chi connectivity index (χ4n) is 2.22. The van der Waals surface area contributed by atoms with Gasteiger partial charge in [0.15, 0.2) is 0 Å². The zero-order valence-electron chi connectivity index (χ0n) is 9.81. The first kappa shape index (κ1) is 10.9. The van der Waals surface area contributed by atoms with Gasteiger partial charge in [-0.05, 0) is 38.3 Å². The van der Waals surface area contributed by atoms with Crippen LogP contribution in [-0.2, 0) is 6.42 Å². The number of thiazole rings is 1. The highest BCUT2D eigenvalue weighted by Gasteiger charge is 2.22. The Morgan fingerprint density at radius 3 is 3.00 bits per heavy atom. The molecule has 17 heavy (non-hydrogen) atoms. The minimum atomic E-state index is 0.119. The highest BCUT2D eigenvalue weighted by atomic mass is 32.1. The summed E-state index contributed by atoms with van der Waals surface area (Å²) in [5, 5.41) is 1.01. The van der Waals surface area contributed by atoms with Crippen molar-refractivity contribution in [2.45, 2.75) is 32.2 Å². The van der Waals surface area contributed by atoms with Gasteiger partial charge < -0.3 is 5.73 Å². The Kier molecular flexibility index (Phi) is 2.68. The number of fused-ring (bicyclic) bond motifs is 1. The topological polar surface area (TPSA) is 51.8 Å². The molecule has 2 aromatic rings. The Bertz CT molecular complexity index is 547. The van der Waals surface area contributed by atoms with Crippen LogP contribution in [-0.4, -0.2) is 9.97 Å². The van der Waals surface area contributed by atoms with E-state index in [1.165, 1.54) is 11.3 Å². The molecule has 0 amide bonds. The van der Waals surface area contributed by atoms with Crippen molar-refractivity contribution in [1.82, 2.24) is 9.97 Å². The van der Waals surface area contributed by atoms with Gasteiger partial charge in [-0.1, -0.05) is 6.07 Å². The number of pyridine rings is 1. The molecule has 0 spiro atoms. The van der Waals surface area contributed by atoms with Crippen LogP contribution in [0.15, 0.2) is 18.2 Å². The van der Waals surface area contributed by atoms with Crippen molar-refractivity contribution in [2.75, 3.05) is 0 Å². The van der Waals surface area contributed by atoms with Crippen molar-refractivity contribution in [3.8, 4) is 10.7 Å². The first-order valence-electron chi connectivity index (χ1n) is 5.93. The van der Waals surface area contributed by atoms with Gasteiger partial charge >= 0.3 is 0 Å². The van der Waals surface area contributed by atoms with E-state index in [0.717, 1.165) is 34.9 Å². The van der Waals surface area contributed by atoms with Crippen LogP contribution in [0.2, 0.25) is 0 Å². The molecule has 4 heteroatoms. The van der Waals surface area contributed by atoms with E-state index >= 15 is 0 Å². The average Bonchev–Trinajstić information content (AvgIpc) is 2.74. The van der Waals surface area contributed by atoms with Crippen LogP contribution in [0.5, 0.6) is 0 Å². The van der Waals surface area contributed by atoms with Crippen LogP contribution < -0.4 is 5.73 Å². The molecule has 3 nitrogen and oxygen atoms in total. The van der Waals surface area contributed by atoms with E-state index in [1.54, 1.807) is 11.3 Å². The van der Waals surface area contributed by atoms with E-state index in [-0.39, 0.29) is 6.04 Å². The molecule has 0 fully saturated rings. The number of nitrogens with zero attached hydrogens (tertiary/aromatic N) is 2. The molecule has 3 rings (SSSR count). The summed E-state index contributed by atoms with van der Waals surface area (Å²) in [6, 6.07) is 6.16. The van der Waals surface area contributed by atoms with E-state index in [1.807, 2.05) is 25.1 Å². The Morgan fingerprint density at radius 2 is 2.24 bits per heavy atom. The third-order valence-corrected chi connectivity index (χ3v) is 4.26. The number of rotatable bonds is 1. The highest BCUT2D eigenvalue weighted by Crippen LogP contribution is 2.35. The summed E-state index contributed by atoms with van der Waals surface area (Å²) in [5.41, 5.74) is 9.19. The second kappa shape index (κ2) is 4.20. The summed E-state index contributed by atoms with van der Waals surface area (Å²) in [6.07, 6.45) is 3.35. The molecule has 2 heterocycles. The summed E-state index contributed by atoms with van der Waals surface area (Å²) in [7, 11) is 0. The Balaban J connectivity index is 2.05. The van der Waals surface area contributed by atoms with Crippen molar-refractivity contribution in [2.24, 2.45) is 5.73 Å². The van der Waals surface area contributed by atoms with Crippen molar-refractivity contribution in [3.63, 3.8) is 0 Å². The Morgan fingerprint density at radius 1 is 1.35 bits per heavy atom. The van der Waals surface area contributed by atoms with Gasteiger partial charge in [-0.2, -0.15) is 0 Å². The first-order chi connectivity index (χ1) is 8.24. The molecule has 1 aliphatic rings. The lowest BCUT2D eigenvalue weighted by Gasteiger charge is -2.15. The molecule has 88 valence electrons. The number of aryl methyl sites for hydroxylation is 2. The molecule has 0 saturated heterocycles. The molecule has 0 aromatic carbocycles. The molecular formula is C13H15N3S. The monoisotopic (exact) mass is 245 g/mol. The van der Waals surface area contributed by atoms with Crippen LogP contribution in [0.4, 0.5) is 0 Å². The van der Waals surface area contributed by atoms with Crippen LogP contribution in [0.1, 0.15) is 35.1 Å². The molecule has 1 unspecified atom stereocenters. The smallest absolute Gasteiger partial charge is 0.142 e. The molecule has 1 atom stereocenters.